The van der Waals surface area contributed by atoms with Gasteiger partial charge in [-0.1, -0.05) is 36.4 Å². The molecule has 0 atom stereocenters. The largest absolute Gasteiger partial charge is 0.366 e. The summed E-state index contributed by atoms with van der Waals surface area (Å²) < 4.78 is 0. The molecule has 0 fully saturated rings. The van der Waals surface area contributed by atoms with Gasteiger partial charge in [0.1, 0.15) is 0 Å². The molecule has 96 valence electrons. The van der Waals surface area contributed by atoms with Gasteiger partial charge in [-0.05, 0) is 17.7 Å². The lowest BCUT2D eigenvalue weighted by Crippen LogP contribution is -2.21. The van der Waals surface area contributed by atoms with Crippen LogP contribution in [0, 0.1) is 0 Å². The van der Waals surface area contributed by atoms with Crippen LogP contribution in [0.2, 0.25) is 0 Å². The number of hydrogen-bond donors (Lipinski definition) is 2. The molecule has 2 aromatic rings. The Balaban J connectivity index is 2.74. The minimum atomic E-state index is -0.551. The molecule has 0 saturated carbocycles. The highest BCUT2D eigenvalue weighted by Crippen LogP contribution is 2.27. The fraction of sp³-hybridized carbons (Fsp3) is 0.0667. The van der Waals surface area contributed by atoms with Crippen molar-refractivity contribution in [2.75, 3.05) is 7.05 Å². The Morgan fingerprint density at radius 3 is 2.16 bits per heavy atom. The van der Waals surface area contributed by atoms with Crippen LogP contribution in [0.1, 0.15) is 20.7 Å². The summed E-state index contributed by atoms with van der Waals surface area (Å²) in [5.41, 5.74) is 7.52. The first-order chi connectivity index (χ1) is 9.15. The van der Waals surface area contributed by atoms with Gasteiger partial charge in [-0.15, -0.1) is 0 Å². The first kappa shape index (κ1) is 12.8. The molecular weight excluding hydrogens is 240 g/mol. The van der Waals surface area contributed by atoms with Gasteiger partial charge in [0.2, 0.25) is 5.91 Å². The topological polar surface area (TPSA) is 72.2 Å². The van der Waals surface area contributed by atoms with Crippen LogP contribution in [-0.2, 0) is 0 Å². The first-order valence-electron chi connectivity index (χ1n) is 5.85. The van der Waals surface area contributed by atoms with Crippen molar-refractivity contribution in [3.63, 3.8) is 0 Å². The standard InChI is InChI=1S/C15H14N2O2/c1-17-15(19)12-9-5-8-11(14(16)18)13(12)10-6-3-2-4-7-10/h2-9H,1H3,(H2,16,18)(H,17,19). The highest BCUT2D eigenvalue weighted by atomic mass is 16.2. The Hall–Kier alpha value is -2.62. The molecule has 0 aromatic heterocycles. The van der Waals surface area contributed by atoms with Crippen molar-refractivity contribution in [1.82, 2.24) is 5.32 Å². The monoisotopic (exact) mass is 254 g/mol. The number of carbonyl (C=O) groups excluding carboxylic acids is 2. The fourth-order valence-electron chi connectivity index (χ4n) is 2.00. The van der Waals surface area contributed by atoms with Crippen LogP contribution in [0.15, 0.2) is 48.5 Å². The zero-order chi connectivity index (χ0) is 13.8. The molecule has 4 heteroatoms. The van der Waals surface area contributed by atoms with E-state index in [9.17, 15) is 9.59 Å². The average Bonchev–Trinajstić information content (AvgIpc) is 2.46. The van der Waals surface area contributed by atoms with E-state index < -0.39 is 5.91 Å². The molecule has 3 N–H and O–H groups in total. The molecule has 0 unspecified atom stereocenters. The molecule has 0 aliphatic carbocycles. The zero-order valence-electron chi connectivity index (χ0n) is 10.5. The van der Waals surface area contributed by atoms with Crippen molar-refractivity contribution in [3.05, 3.63) is 59.7 Å². The molecule has 4 nitrogen and oxygen atoms in total. The normalized spacial score (nSPS) is 9.95. The van der Waals surface area contributed by atoms with Crippen LogP contribution in [0.25, 0.3) is 11.1 Å². The molecule has 0 spiro atoms. The summed E-state index contributed by atoms with van der Waals surface area (Å²) >= 11 is 0. The molecule has 2 aromatic carbocycles. The van der Waals surface area contributed by atoms with Gasteiger partial charge in [0.25, 0.3) is 5.91 Å². The third kappa shape index (κ3) is 2.47. The van der Waals surface area contributed by atoms with E-state index in [-0.39, 0.29) is 5.91 Å². The third-order valence-corrected chi connectivity index (χ3v) is 2.86. The van der Waals surface area contributed by atoms with Crippen LogP contribution < -0.4 is 11.1 Å². The second-order valence-corrected chi connectivity index (χ2v) is 4.04. The molecule has 2 rings (SSSR count). The summed E-state index contributed by atoms with van der Waals surface area (Å²) in [6.45, 7) is 0. The molecule has 0 aliphatic rings. The quantitative estimate of drug-likeness (QED) is 0.876. The van der Waals surface area contributed by atoms with Crippen LogP contribution in [0.4, 0.5) is 0 Å². The summed E-state index contributed by atoms with van der Waals surface area (Å²) in [5, 5.41) is 2.57. The number of rotatable bonds is 3. The van der Waals surface area contributed by atoms with Gasteiger partial charge in [0, 0.05) is 23.7 Å². The van der Waals surface area contributed by atoms with Gasteiger partial charge in [0.15, 0.2) is 0 Å². The lowest BCUT2D eigenvalue weighted by Gasteiger charge is -2.12. The van der Waals surface area contributed by atoms with Crippen molar-refractivity contribution in [2.45, 2.75) is 0 Å². The van der Waals surface area contributed by atoms with Crippen molar-refractivity contribution < 1.29 is 9.59 Å². The second kappa shape index (κ2) is 5.35. The number of nitrogens with two attached hydrogens (primary N) is 1. The number of hydrogen-bond acceptors (Lipinski definition) is 2. The Morgan fingerprint density at radius 1 is 0.947 bits per heavy atom. The van der Waals surface area contributed by atoms with Gasteiger partial charge >= 0.3 is 0 Å². The van der Waals surface area contributed by atoms with E-state index >= 15 is 0 Å². The lowest BCUT2D eigenvalue weighted by molar-refractivity contribution is 0.0963. The van der Waals surface area contributed by atoms with Gasteiger partial charge < -0.3 is 11.1 Å². The highest BCUT2D eigenvalue weighted by Gasteiger charge is 2.17. The smallest absolute Gasteiger partial charge is 0.251 e. The molecule has 2 amide bonds. The zero-order valence-corrected chi connectivity index (χ0v) is 10.5. The first-order valence-corrected chi connectivity index (χ1v) is 5.85. The van der Waals surface area contributed by atoms with E-state index in [1.807, 2.05) is 30.3 Å². The molecule has 0 aliphatic heterocycles. The maximum Gasteiger partial charge on any atom is 0.251 e. The van der Waals surface area contributed by atoms with E-state index in [0.717, 1.165) is 5.56 Å². The Kier molecular flexibility index (Phi) is 3.61. The number of nitrogens with one attached hydrogen (secondary N) is 1. The fourth-order valence-corrected chi connectivity index (χ4v) is 2.00. The van der Waals surface area contributed by atoms with E-state index in [4.69, 9.17) is 5.73 Å². The van der Waals surface area contributed by atoms with E-state index in [0.29, 0.717) is 16.7 Å². The summed E-state index contributed by atoms with van der Waals surface area (Å²) in [4.78, 5) is 23.5. The van der Waals surface area contributed by atoms with Crippen LogP contribution in [0.5, 0.6) is 0 Å². The predicted molar refractivity (Wildman–Crippen MR) is 73.8 cm³/mol. The number of benzene rings is 2. The predicted octanol–water partition coefficient (Wildman–Crippen LogP) is 1.81. The minimum absolute atomic E-state index is 0.248. The molecular formula is C15H14N2O2. The number of carbonyl (C=O) groups is 2. The maximum atomic E-state index is 11.9. The van der Waals surface area contributed by atoms with Crippen LogP contribution >= 0.6 is 0 Å². The number of amides is 2. The lowest BCUT2D eigenvalue weighted by atomic mass is 9.93. The molecule has 0 heterocycles. The van der Waals surface area contributed by atoms with Gasteiger partial charge in [-0.25, -0.2) is 0 Å². The molecule has 0 bridgehead atoms. The number of primary amides is 1. The second-order valence-electron chi connectivity index (χ2n) is 4.04. The van der Waals surface area contributed by atoms with Gasteiger partial charge in [0.05, 0.1) is 0 Å². The highest BCUT2D eigenvalue weighted by molar-refractivity contribution is 6.08. The molecule has 0 radical (unpaired) electrons. The van der Waals surface area contributed by atoms with Crippen molar-refractivity contribution >= 4 is 11.8 Å². The maximum absolute atomic E-state index is 11.9. The summed E-state index contributed by atoms with van der Waals surface area (Å²) in [7, 11) is 1.55. The Morgan fingerprint density at radius 2 is 1.58 bits per heavy atom. The van der Waals surface area contributed by atoms with Gasteiger partial charge in [-0.3, -0.25) is 9.59 Å². The van der Waals surface area contributed by atoms with E-state index in [2.05, 4.69) is 5.32 Å². The summed E-state index contributed by atoms with van der Waals surface area (Å²) in [6, 6.07) is 14.2. The molecule has 0 saturated heterocycles. The Bertz CT molecular complexity index is 621. The van der Waals surface area contributed by atoms with Gasteiger partial charge in [-0.2, -0.15) is 0 Å². The Labute approximate surface area is 111 Å². The molecule has 19 heavy (non-hydrogen) atoms. The summed E-state index contributed by atoms with van der Waals surface area (Å²) in [6.07, 6.45) is 0. The third-order valence-electron chi connectivity index (χ3n) is 2.86. The minimum Gasteiger partial charge on any atom is -0.366 e. The van der Waals surface area contributed by atoms with Crippen LogP contribution in [0.3, 0.4) is 0 Å². The van der Waals surface area contributed by atoms with Crippen LogP contribution in [-0.4, -0.2) is 18.9 Å². The van der Waals surface area contributed by atoms with E-state index in [1.54, 1.807) is 25.2 Å². The van der Waals surface area contributed by atoms with E-state index in [1.165, 1.54) is 0 Å². The van der Waals surface area contributed by atoms with Crippen molar-refractivity contribution in [2.24, 2.45) is 5.73 Å². The van der Waals surface area contributed by atoms with Crippen molar-refractivity contribution in [3.8, 4) is 11.1 Å². The summed E-state index contributed by atoms with van der Waals surface area (Å²) in [5.74, 6) is -0.799. The van der Waals surface area contributed by atoms with Crippen molar-refractivity contribution in [1.29, 1.82) is 0 Å². The average molecular weight is 254 g/mol. The SMILES string of the molecule is CNC(=O)c1cccc(C(N)=O)c1-c1ccccc1.